The second-order valence-electron chi connectivity index (χ2n) is 5.01. The molecule has 1 aromatic heterocycles. The molecule has 0 saturated heterocycles. The lowest BCUT2D eigenvalue weighted by atomic mass is 10.0. The molecule has 6 nitrogen and oxygen atoms in total. The van der Waals surface area contributed by atoms with Crippen molar-refractivity contribution in [3.63, 3.8) is 0 Å². The summed E-state index contributed by atoms with van der Waals surface area (Å²) in [5.41, 5.74) is 11.1. The minimum Gasteiger partial charge on any atom is -0.493 e. The lowest BCUT2D eigenvalue weighted by Gasteiger charge is -2.22. The standard InChI is InChI=1S/C14H20ClN5O/c1-8(2)20-14(12(21-3)7-18-20)13(19-17)10-5-4-9(15)6-11(10)16/h4-8,13,19H,16-17H2,1-3H3. The van der Waals surface area contributed by atoms with Gasteiger partial charge in [-0.3, -0.25) is 10.5 Å². The lowest BCUT2D eigenvalue weighted by Crippen LogP contribution is -2.32. The summed E-state index contributed by atoms with van der Waals surface area (Å²) in [6.07, 6.45) is 1.67. The molecule has 0 saturated carbocycles. The van der Waals surface area contributed by atoms with Crippen LogP contribution in [0.25, 0.3) is 0 Å². The van der Waals surface area contributed by atoms with E-state index in [1.165, 1.54) is 0 Å². The van der Waals surface area contributed by atoms with Crippen LogP contribution in [-0.2, 0) is 0 Å². The number of nitrogens with one attached hydrogen (secondary N) is 1. The number of methoxy groups -OCH3 is 1. The first-order valence-electron chi connectivity index (χ1n) is 6.62. The van der Waals surface area contributed by atoms with Crippen LogP contribution in [0.2, 0.25) is 5.02 Å². The van der Waals surface area contributed by atoms with Gasteiger partial charge in [-0.25, -0.2) is 5.43 Å². The quantitative estimate of drug-likeness (QED) is 0.448. The zero-order chi connectivity index (χ0) is 15.6. The first-order chi connectivity index (χ1) is 9.99. The third-order valence-corrected chi connectivity index (χ3v) is 3.54. The van der Waals surface area contributed by atoms with Crippen LogP contribution in [0.1, 0.15) is 37.2 Å². The van der Waals surface area contributed by atoms with Crippen LogP contribution in [-0.4, -0.2) is 16.9 Å². The van der Waals surface area contributed by atoms with E-state index < -0.39 is 0 Å². The molecule has 0 radical (unpaired) electrons. The summed E-state index contributed by atoms with van der Waals surface area (Å²) in [5.74, 6) is 6.41. The molecule has 0 aliphatic heterocycles. The number of hydrazine groups is 1. The largest absolute Gasteiger partial charge is 0.493 e. The topological polar surface area (TPSA) is 91.1 Å². The van der Waals surface area contributed by atoms with Gasteiger partial charge in [0.15, 0.2) is 5.75 Å². The zero-order valence-electron chi connectivity index (χ0n) is 12.3. The van der Waals surface area contributed by atoms with Gasteiger partial charge in [0.05, 0.1) is 19.3 Å². The van der Waals surface area contributed by atoms with Crippen LogP contribution in [0.4, 0.5) is 5.69 Å². The van der Waals surface area contributed by atoms with Gasteiger partial charge in [0.1, 0.15) is 5.69 Å². The SMILES string of the molecule is COc1cnn(C(C)C)c1C(NN)c1ccc(Cl)cc1N. The van der Waals surface area contributed by atoms with Crippen LogP contribution in [0.3, 0.4) is 0 Å². The molecule has 1 aromatic carbocycles. The van der Waals surface area contributed by atoms with Crippen molar-refractivity contribution in [2.24, 2.45) is 5.84 Å². The van der Waals surface area contributed by atoms with E-state index in [4.69, 9.17) is 27.9 Å². The van der Waals surface area contributed by atoms with Crippen LogP contribution in [0, 0.1) is 0 Å². The van der Waals surface area contributed by atoms with Crippen molar-refractivity contribution in [1.82, 2.24) is 15.2 Å². The molecule has 21 heavy (non-hydrogen) atoms. The summed E-state index contributed by atoms with van der Waals surface area (Å²) in [5, 5.41) is 4.94. The van der Waals surface area contributed by atoms with E-state index in [1.807, 2.05) is 24.6 Å². The molecule has 114 valence electrons. The average Bonchev–Trinajstić information content (AvgIpc) is 2.86. The highest BCUT2D eigenvalue weighted by atomic mass is 35.5. The number of hydrogen-bond donors (Lipinski definition) is 3. The maximum atomic E-state index is 6.07. The van der Waals surface area contributed by atoms with Gasteiger partial charge in [-0.15, -0.1) is 0 Å². The smallest absolute Gasteiger partial charge is 0.161 e. The number of nitrogen functional groups attached to an aromatic ring is 1. The van der Waals surface area contributed by atoms with Gasteiger partial charge in [-0.05, 0) is 31.5 Å². The molecule has 7 heteroatoms. The number of ether oxygens (including phenoxy) is 1. The number of nitrogens with two attached hydrogens (primary N) is 2. The molecule has 0 aliphatic carbocycles. The number of aromatic nitrogens is 2. The highest BCUT2D eigenvalue weighted by molar-refractivity contribution is 6.30. The normalized spacial score (nSPS) is 12.7. The Bertz CT molecular complexity index is 626. The van der Waals surface area contributed by atoms with Crippen LogP contribution in [0.5, 0.6) is 5.75 Å². The van der Waals surface area contributed by atoms with Crippen molar-refractivity contribution in [2.75, 3.05) is 12.8 Å². The fraction of sp³-hybridized carbons (Fsp3) is 0.357. The Morgan fingerprint density at radius 3 is 2.62 bits per heavy atom. The maximum absolute atomic E-state index is 6.07. The highest BCUT2D eigenvalue weighted by Crippen LogP contribution is 2.34. The first kappa shape index (κ1) is 15.6. The Hall–Kier alpha value is -1.76. The molecule has 0 spiro atoms. The van der Waals surface area contributed by atoms with Crippen molar-refractivity contribution >= 4 is 17.3 Å². The van der Waals surface area contributed by atoms with Crippen LogP contribution < -0.4 is 21.7 Å². The number of anilines is 1. The summed E-state index contributed by atoms with van der Waals surface area (Å²) in [4.78, 5) is 0. The molecule has 2 aromatic rings. The van der Waals surface area contributed by atoms with Crippen molar-refractivity contribution in [2.45, 2.75) is 25.9 Å². The average molecular weight is 310 g/mol. The predicted octanol–water partition coefficient (Wildman–Crippen LogP) is 2.26. The van der Waals surface area contributed by atoms with E-state index in [2.05, 4.69) is 10.5 Å². The Morgan fingerprint density at radius 1 is 1.38 bits per heavy atom. The highest BCUT2D eigenvalue weighted by Gasteiger charge is 2.25. The van der Waals surface area contributed by atoms with E-state index in [9.17, 15) is 0 Å². The molecule has 0 aliphatic rings. The van der Waals surface area contributed by atoms with Crippen LogP contribution in [0.15, 0.2) is 24.4 Å². The predicted molar refractivity (Wildman–Crippen MR) is 84.2 cm³/mol. The van der Waals surface area contributed by atoms with E-state index in [-0.39, 0.29) is 12.1 Å². The van der Waals surface area contributed by atoms with Crippen LogP contribution >= 0.6 is 11.6 Å². The third-order valence-electron chi connectivity index (χ3n) is 3.31. The lowest BCUT2D eigenvalue weighted by molar-refractivity contribution is 0.394. The fourth-order valence-electron chi connectivity index (χ4n) is 2.32. The second kappa shape index (κ2) is 6.34. The molecule has 1 unspecified atom stereocenters. The van der Waals surface area contributed by atoms with Gasteiger partial charge in [0.2, 0.25) is 0 Å². The number of nitrogens with zero attached hydrogens (tertiary/aromatic N) is 2. The number of benzene rings is 1. The van der Waals surface area contributed by atoms with Crippen molar-refractivity contribution < 1.29 is 4.74 Å². The second-order valence-corrected chi connectivity index (χ2v) is 5.45. The van der Waals surface area contributed by atoms with E-state index in [1.54, 1.807) is 25.4 Å². The van der Waals surface area contributed by atoms with E-state index >= 15 is 0 Å². The third kappa shape index (κ3) is 2.97. The molecule has 0 bridgehead atoms. The fourth-order valence-corrected chi connectivity index (χ4v) is 2.50. The molecular formula is C14H20ClN5O. The summed E-state index contributed by atoms with van der Waals surface area (Å²) in [7, 11) is 1.60. The number of halogens is 1. The van der Waals surface area contributed by atoms with Crippen molar-refractivity contribution in [1.29, 1.82) is 0 Å². The van der Waals surface area contributed by atoms with Gasteiger partial charge in [-0.1, -0.05) is 17.7 Å². The van der Waals surface area contributed by atoms with Gasteiger partial charge in [0, 0.05) is 16.8 Å². The van der Waals surface area contributed by atoms with Gasteiger partial charge >= 0.3 is 0 Å². The van der Waals surface area contributed by atoms with Crippen molar-refractivity contribution in [3.8, 4) is 5.75 Å². The molecule has 0 fully saturated rings. The molecule has 2 rings (SSSR count). The molecule has 0 amide bonds. The summed E-state index contributed by atoms with van der Waals surface area (Å²) >= 11 is 5.96. The Balaban J connectivity index is 2.58. The summed E-state index contributed by atoms with van der Waals surface area (Å²) in [6.45, 7) is 4.07. The molecule has 1 heterocycles. The first-order valence-corrected chi connectivity index (χ1v) is 6.99. The Kier molecular flexibility index (Phi) is 4.72. The minimum absolute atomic E-state index is 0.160. The number of hydrogen-bond acceptors (Lipinski definition) is 5. The monoisotopic (exact) mass is 309 g/mol. The van der Waals surface area contributed by atoms with E-state index in [0.717, 1.165) is 11.3 Å². The molecule has 1 atom stereocenters. The van der Waals surface area contributed by atoms with Crippen molar-refractivity contribution in [3.05, 3.63) is 40.7 Å². The maximum Gasteiger partial charge on any atom is 0.161 e. The summed E-state index contributed by atoms with van der Waals surface area (Å²) < 4.78 is 7.26. The van der Waals surface area contributed by atoms with E-state index in [0.29, 0.717) is 16.5 Å². The minimum atomic E-state index is -0.345. The van der Waals surface area contributed by atoms with Gasteiger partial charge in [-0.2, -0.15) is 5.10 Å². The van der Waals surface area contributed by atoms with Gasteiger partial charge in [0.25, 0.3) is 0 Å². The Labute approximate surface area is 129 Å². The number of rotatable bonds is 5. The Morgan fingerprint density at radius 2 is 2.10 bits per heavy atom. The zero-order valence-corrected chi connectivity index (χ0v) is 13.1. The molecular weight excluding hydrogens is 290 g/mol. The summed E-state index contributed by atoms with van der Waals surface area (Å²) in [6, 6.07) is 5.14. The molecule has 5 N–H and O–H groups in total. The van der Waals surface area contributed by atoms with Gasteiger partial charge < -0.3 is 10.5 Å².